The van der Waals surface area contributed by atoms with Crippen LogP contribution in [0.1, 0.15) is 43.4 Å². The van der Waals surface area contributed by atoms with Crippen molar-refractivity contribution in [1.82, 2.24) is 4.98 Å². The third kappa shape index (κ3) is 5.23. The van der Waals surface area contributed by atoms with Crippen LogP contribution in [0.4, 0.5) is 5.13 Å². The molecule has 0 radical (unpaired) electrons. The summed E-state index contributed by atoms with van der Waals surface area (Å²) in [5.74, 6) is -0.204. The molecule has 0 bridgehead atoms. The van der Waals surface area contributed by atoms with Gasteiger partial charge in [0.05, 0.1) is 28.4 Å². The zero-order valence-corrected chi connectivity index (χ0v) is 23.8. The second-order valence-corrected chi connectivity index (χ2v) is 11.2. The maximum absolute atomic E-state index is 13.6. The highest BCUT2D eigenvalue weighted by atomic mass is 35.5. The van der Waals surface area contributed by atoms with Crippen LogP contribution < -0.4 is 19.1 Å². The van der Waals surface area contributed by atoms with Crippen molar-refractivity contribution < 1.29 is 28.9 Å². The van der Waals surface area contributed by atoms with Crippen LogP contribution in [-0.2, 0) is 9.59 Å². The molecule has 1 fully saturated rings. The number of halogens is 1. The second kappa shape index (κ2) is 11.4. The van der Waals surface area contributed by atoms with E-state index in [9.17, 15) is 14.7 Å². The Morgan fingerprint density at radius 2 is 1.83 bits per heavy atom. The number of ketones is 1. The third-order valence-corrected chi connectivity index (χ3v) is 8.27. The molecule has 0 aliphatic carbocycles. The summed E-state index contributed by atoms with van der Waals surface area (Å²) < 4.78 is 17.9. The van der Waals surface area contributed by atoms with Crippen LogP contribution in [0.25, 0.3) is 16.0 Å². The lowest BCUT2D eigenvalue weighted by molar-refractivity contribution is -0.132. The maximum Gasteiger partial charge on any atom is 0.301 e. The van der Waals surface area contributed by atoms with E-state index in [1.54, 1.807) is 48.5 Å². The molecule has 0 saturated carbocycles. The molecule has 1 aromatic heterocycles. The van der Waals surface area contributed by atoms with Gasteiger partial charge < -0.3 is 19.3 Å². The average molecular weight is 591 g/mol. The molecule has 41 heavy (non-hydrogen) atoms. The molecule has 8 nitrogen and oxygen atoms in total. The molecule has 1 N–H and O–H groups in total. The summed E-state index contributed by atoms with van der Waals surface area (Å²) in [4.78, 5) is 33.2. The van der Waals surface area contributed by atoms with Crippen LogP contribution in [0, 0.1) is 0 Å². The molecule has 3 aromatic carbocycles. The van der Waals surface area contributed by atoms with E-state index in [4.69, 9.17) is 25.8 Å². The summed E-state index contributed by atoms with van der Waals surface area (Å²) in [5, 5.41) is 12.4. The van der Waals surface area contributed by atoms with Crippen LogP contribution in [0.5, 0.6) is 17.2 Å². The van der Waals surface area contributed by atoms with Crippen molar-refractivity contribution in [3.8, 4) is 17.2 Å². The minimum atomic E-state index is -0.923. The number of aromatic nitrogens is 1. The van der Waals surface area contributed by atoms with E-state index in [-0.39, 0.29) is 11.3 Å². The highest BCUT2D eigenvalue weighted by Gasteiger charge is 2.48. The number of unbranched alkanes of at least 4 members (excludes halogenated alkanes) is 2. The Morgan fingerprint density at radius 3 is 2.61 bits per heavy atom. The largest absolute Gasteiger partial charge is 0.507 e. The first-order valence-electron chi connectivity index (χ1n) is 13.4. The Balaban J connectivity index is 1.44. The number of hydrogen-bond acceptors (Lipinski definition) is 8. The average Bonchev–Trinajstić information content (AvgIpc) is 3.52. The van der Waals surface area contributed by atoms with Crippen molar-refractivity contribution in [1.29, 1.82) is 0 Å². The molecule has 2 aliphatic rings. The minimum absolute atomic E-state index is 0.0411. The molecule has 0 spiro atoms. The minimum Gasteiger partial charge on any atom is -0.507 e. The summed E-state index contributed by atoms with van der Waals surface area (Å²) >= 11 is 7.44. The van der Waals surface area contributed by atoms with E-state index < -0.39 is 17.7 Å². The Labute approximate surface area is 245 Å². The van der Waals surface area contributed by atoms with Crippen LogP contribution in [0.3, 0.4) is 0 Å². The van der Waals surface area contributed by atoms with Crippen LogP contribution in [0.2, 0.25) is 5.02 Å². The highest BCUT2D eigenvalue weighted by Crippen LogP contribution is 2.45. The van der Waals surface area contributed by atoms with Gasteiger partial charge in [0, 0.05) is 10.6 Å². The van der Waals surface area contributed by atoms with Crippen molar-refractivity contribution >= 4 is 55.7 Å². The van der Waals surface area contributed by atoms with Crippen molar-refractivity contribution in [3.05, 3.63) is 82.4 Å². The Bertz CT molecular complexity index is 1670. The zero-order chi connectivity index (χ0) is 28.5. The molecule has 6 rings (SSSR count). The van der Waals surface area contributed by atoms with Crippen LogP contribution >= 0.6 is 22.9 Å². The Morgan fingerprint density at radius 1 is 1.05 bits per heavy atom. The zero-order valence-electron chi connectivity index (χ0n) is 22.3. The fourth-order valence-electron chi connectivity index (χ4n) is 4.97. The summed E-state index contributed by atoms with van der Waals surface area (Å²) in [6.07, 6.45) is 3.14. The number of carbonyl (C=O) groups is 2. The van der Waals surface area contributed by atoms with Gasteiger partial charge in [-0.15, -0.1) is 0 Å². The molecule has 1 amide bonds. The van der Waals surface area contributed by atoms with E-state index in [0.717, 1.165) is 24.0 Å². The Kier molecular flexibility index (Phi) is 7.55. The molecular formula is C31H27ClN2O6S. The molecule has 4 aromatic rings. The highest BCUT2D eigenvalue weighted by molar-refractivity contribution is 7.22. The van der Waals surface area contributed by atoms with Gasteiger partial charge in [-0.3, -0.25) is 14.5 Å². The molecule has 2 aliphatic heterocycles. The van der Waals surface area contributed by atoms with Gasteiger partial charge in [-0.2, -0.15) is 0 Å². The number of ether oxygens (including phenoxy) is 3. The number of carbonyl (C=O) groups excluding carboxylic acids is 2. The summed E-state index contributed by atoms with van der Waals surface area (Å²) in [6.45, 7) is 3.53. The number of amides is 1. The van der Waals surface area contributed by atoms with Gasteiger partial charge in [-0.25, -0.2) is 4.98 Å². The Hall–Kier alpha value is -4.08. The van der Waals surface area contributed by atoms with E-state index in [0.29, 0.717) is 63.9 Å². The molecule has 1 atom stereocenters. The number of anilines is 1. The summed E-state index contributed by atoms with van der Waals surface area (Å²) in [5.41, 5.74) is 1.57. The monoisotopic (exact) mass is 590 g/mol. The van der Waals surface area contributed by atoms with Crippen molar-refractivity contribution in [2.45, 2.75) is 32.2 Å². The second-order valence-electron chi connectivity index (χ2n) is 9.76. The lowest BCUT2D eigenvalue weighted by Gasteiger charge is -2.23. The van der Waals surface area contributed by atoms with E-state index in [1.165, 1.54) is 16.2 Å². The van der Waals surface area contributed by atoms with E-state index in [2.05, 4.69) is 11.9 Å². The number of fused-ring (bicyclic) bond motifs is 2. The predicted molar refractivity (Wildman–Crippen MR) is 158 cm³/mol. The fourth-order valence-corrected chi connectivity index (χ4v) is 6.24. The standard InChI is InChI=1S/C31H27ClN2O6S/c1-2-3-4-13-38-21-9-5-18(6-10-21)27-26(28(35)19-7-12-23-24(16-19)40-15-14-39-23)29(36)30(37)34(27)31-33-22-11-8-20(32)17-25(22)41-31/h5-12,16-17,27,35H,2-4,13-15H2,1H3/t27-/m1/s1. The lowest BCUT2D eigenvalue weighted by Crippen LogP contribution is -2.29. The summed E-state index contributed by atoms with van der Waals surface area (Å²) in [7, 11) is 0. The molecule has 10 heteroatoms. The number of hydrogen-bond donors (Lipinski definition) is 1. The van der Waals surface area contributed by atoms with Gasteiger partial charge in [0.15, 0.2) is 16.6 Å². The number of aliphatic hydroxyl groups is 1. The van der Waals surface area contributed by atoms with E-state index in [1.807, 2.05) is 12.1 Å². The molecular weight excluding hydrogens is 564 g/mol. The third-order valence-electron chi connectivity index (χ3n) is 7.02. The van der Waals surface area contributed by atoms with Crippen LogP contribution in [-0.4, -0.2) is 41.6 Å². The van der Waals surface area contributed by atoms with Crippen LogP contribution in [0.15, 0.2) is 66.2 Å². The normalized spacial score (nSPS) is 17.8. The number of thiazole rings is 1. The smallest absolute Gasteiger partial charge is 0.301 e. The molecule has 210 valence electrons. The van der Waals surface area contributed by atoms with Crippen molar-refractivity contribution in [3.63, 3.8) is 0 Å². The first-order chi connectivity index (χ1) is 19.9. The topological polar surface area (TPSA) is 98.2 Å². The number of nitrogens with zero attached hydrogens (tertiary/aromatic N) is 2. The van der Waals surface area contributed by atoms with Gasteiger partial charge in [0.2, 0.25) is 0 Å². The fraction of sp³-hybridized carbons (Fsp3) is 0.258. The maximum atomic E-state index is 13.6. The van der Waals surface area contributed by atoms with Crippen molar-refractivity contribution in [2.75, 3.05) is 24.7 Å². The van der Waals surface area contributed by atoms with Gasteiger partial charge in [0.25, 0.3) is 5.78 Å². The van der Waals surface area contributed by atoms with Crippen molar-refractivity contribution in [2.24, 2.45) is 0 Å². The number of rotatable bonds is 8. The molecule has 0 unspecified atom stereocenters. The number of Topliss-reactive ketones (excluding diaryl/α,β-unsaturated/α-hetero) is 1. The molecule has 1 saturated heterocycles. The summed E-state index contributed by atoms with van der Waals surface area (Å²) in [6, 6.07) is 16.5. The number of aliphatic hydroxyl groups excluding tert-OH is 1. The number of benzene rings is 3. The van der Waals surface area contributed by atoms with Gasteiger partial charge in [-0.05, 0) is 60.5 Å². The van der Waals surface area contributed by atoms with Gasteiger partial charge in [-0.1, -0.05) is 54.8 Å². The lowest BCUT2D eigenvalue weighted by atomic mass is 9.95. The quantitative estimate of drug-likeness (QED) is 0.103. The van der Waals surface area contributed by atoms with E-state index >= 15 is 0 Å². The van der Waals surface area contributed by atoms with Gasteiger partial charge >= 0.3 is 5.91 Å². The first-order valence-corrected chi connectivity index (χ1v) is 14.6. The predicted octanol–water partition coefficient (Wildman–Crippen LogP) is 6.92. The molecule has 3 heterocycles. The van der Waals surface area contributed by atoms with Gasteiger partial charge in [0.1, 0.15) is 24.7 Å². The first kappa shape index (κ1) is 27.1. The SMILES string of the molecule is CCCCCOc1ccc([C@@H]2C(=C(O)c3ccc4c(c3)OCCO4)C(=O)C(=O)N2c2nc3ccc(Cl)cc3s2)cc1.